The number of benzene rings is 2. The molecule has 0 saturated carbocycles. The Bertz CT molecular complexity index is 828. The van der Waals surface area contributed by atoms with E-state index in [-0.39, 0.29) is 11.8 Å². The maximum absolute atomic E-state index is 12.5. The molecule has 4 rings (SSSR count). The van der Waals surface area contributed by atoms with E-state index in [9.17, 15) is 9.59 Å². The molecule has 1 aliphatic carbocycles. The molecule has 2 aromatic rings. The van der Waals surface area contributed by atoms with E-state index < -0.39 is 0 Å². The topological polar surface area (TPSA) is 49.4 Å². The van der Waals surface area contributed by atoms with E-state index in [0.717, 1.165) is 37.1 Å². The Hall–Kier alpha value is -2.62. The number of hydrogen-bond acceptors (Lipinski definition) is 2. The van der Waals surface area contributed by atoms with Crippen molar-refractivity contribution in [3.8, 4) is 0 Å². The summed E-state index contributed by atoms with van der Waals surface area (Å²) in [5.74, 6) is 0.0809. The monoisotopic (exact) mass is 334 g/mol. The number of carbonyl (C=O) groups excluding carboxylic acids is 2. The molecule has 1 aliphatic heterocycles. The van der Waals surface area contributed by atoms with E-state index in [1.54, 1.807) is 4.90 Å². The summed E-state index contributed by atoms with van der Waals surface area (Å²) in [6.07, 6.45) is 5.29. The van der Waals surface area contributed by atoms with Gasteiger partial charge in [-0.2, -0.15) is 0 Å². The van der Waals surface area contributed by atoms with Crippen LogP contribution >= 0.6 is 0 Å². The molecule has 1 N–H and O–H groups in total. The molecular formula is C21H22N2O2. The second kappa shape index (κ2) is 6.71. The van der Waals surface area contributed by atoms with Crippen molar-refractivity contribution in [1.29, 1.82) is 0 Å². The molecule has 0 atom stereocenters. The molecule has 0 spiro atoms. The quantitative estimate of drug-likeness (QED) is 0.930. The molecule has 2 aromatic carbocycles. The van der Waals surface area contributed by atoms with Gasteiger partial charge in [0.1, 0.15) is 0 Å². The minimum atomic E-state index is -0.0444. The third kappa shape index (κ3) is 3.29. The lowest BCUT2D eigenvalue weighted by atomic mass is 10.0. The van der Waals surface area contributed by atoms with E-state index in [0.29, 0.717) is 18.5 Å². The summed E-state index contributed by atoms with van der Waals surface area (Å²) in [4.78, 5) is 26.3. The van der Waals surface area contributed by atoms with Gasteiger partial charge in [-0.3, -0.25) is 9.59 Å². The van der Waals surface area contributed by atoms with Crippen molar-refractivity contribution in [2.75, 3.05) is 16.8 Å². The first-order chi connectivity index (χ1) is 12.2. The highest BCUT2D eigenvalue weighted by atomic mass is 16.2. The molecule has 4 nitrogen and oxygen atoms in total. The van der Waals surface area contributed by atoms with Crippen LogP contribution in [0.3, 0.4) is 0 Å². The number of fused-ring (bicyclic) bond motifs is 1. The summed E-state index contributed by atoms with van der Waals surface area (Å²) in [5.41, 5.74) is 5.36. The van der Waals surface area contributed by atoms with Crippen LogP contribution in [0.2, 0.25) is 0 Å². The van der Waals surface area contributed by atoms with Crippen molar-refractivity contribution in [1.82, 2.24) is 0 Å². The van der Waals surface area contributed by atoms with Gasteiger partial charge < -0.3 is 10.2 Å². The van der Waals surface area contributed by atoms with Crippen molar-refractivity contribution in [3.63, 3.8) is 0 Å². The predicted octanol–water partition coefficient (Wildman–Crippen LogP) is 3.48. The van der Waals surface area contributed by atoms with E-state index in [1.165, 1.54) is 17.5 Å². The Morgan fingerprint density at radius 2 is 1.84 bits per heavy atom. The Labute approximate surface area is 147 Å². The van der Waals surface area contributed by atoms with Gasteiger partial charge in [-0.25, -0.2) is 0 Å². The zero-order valence-electron chi connectivity index (χ0n) is 14.3. The Morgan fingerprint density at radius 3 is 2.68 bits per heavy atom. The van der Waals surface area contributed by atoms with Gasteiger partial charge in [0, 0.05) is 13.0 Å². The maximum atomic E-state index is 12.5. The molecule has 0 bridgehead atoms. The number of nitrogens with one attached hydrogen (secondary N) is 1. The van der Waals surface area contributed by atoms with Crippen LogP contribution in [0.5, 0.6) is 0 Å². The number of amides is 2. The first kappa shape index (κ1) is 15.9. The zero-order valence-corrected chi connectivity index (χ0v) is 14.3. The summed E-state index contributed by atoms with van der Waals surface area (Å²) in [7, 11) is 0. The molecule has 4 heteroatoms. The van der Waals surface area contributed by atoms with Crippen molar-refractivity contribution >= 4 is 23.2 Å². The van der Waals surface area contributed by atoms with Crippen LogP contribution in [0.1, 0.15) is 36.0 Å². The molecule has 1 heterocycles. The average molecular weight is 334 g/mol. The first-order valence-corrected chi connectivity index (χ1v) is 9.00. The van der Waals surface area contributed by atoms with Crippen molar-refractivity contribution in [2.45, 2.75) is 38.5 Å². The fourth-order valence-corrected chi connectivity index (χ4v) is 3.83. The van der Waals surface area contributed by atoms with E-state index in [2.05, 4.69) is 23.5 Å². The third-order valence-corrected chi connectivity index (χ3v) is 5.07. The summed E-state index contributed by atoms with van der Waals surface area (Å²) in [6, 6.07) is 13.9. The molecule has 1 saturated heterocycles. The first-order valence-electron chi connectivity index (χ1n) is 9.00. The highest BCUT2D eigenvalue weighted by molar-refractivity contribution is 6.02. The molecular weight excluding hydrogens is 312 g/mol. The number of aryl methyl sites for hydroxylation is 2. The van der Waals surface area contributed by atoms with Gasteiger partial charge in [0.25, 0.3) is 0 Å². The minimum absolute atomic E-state index is 0.0444. The van der Waals surface area contributed by atoms with Crippen LogP contribution in [0.25, 0.3) is 0 Å². The molecule has 128 valence electrons. The van der Waals surface area contributed by atoms with E-state index in [1.807, 2.05) is 24.3 Å². The molecule has 2 amide bonds. The highest BCUT2D eigenvalue weighted by Gasteiger charge is 2.24. The van der Waals surface area contributed by atoms with Gasteiger partial charge in [0.2, 0.25) is 11.8 Å². The largest absolute Gasteiger partial charge is 0.324 e. The standard InChI is InChI=1S/C21H22N2O2/c24-20(14-15-10-11-16-5-3-6-17(16)13-15)22-18-7-1-2-8-19(18)23-12-4-9-21(23)25/h1-2,7-8,10-11,13H,3-6,9,12,14H2,(H,22,24). The van der Waals surface area contributed by atoms with Gasteiger partial charge in [-0.05, 0) is 54.5 Å². The fourth-order valence-electron chi connectivity index (χ4n) is 3.83. The van der Waals surface area contributed by atoms with Gasteiger partial charge in [-0.1, -0.05) is 30.3 Å². The van der Waals surface area contributed by atoms with Crippen LogP contribution < -0.4 is 10.2 Å². The zero-order chi connectivity index (χ0) is 17.2. The summed E-state index contributed by atoms with van der Waals surface area (Å²) in [5, 5.41) is 2.99. The number of nitrogens with zero attached hydrogens (tertiary/aromatic N) is 1. The van der Waals surface area contributed by atoms with Crippen molar-refractivity contribution in [3.05, 3.63) is 59.2 Å². The Balaban J connectivity index is 1.49. The molecule has 0 aromatic heterocycles. The van der Waals surface area contributed by atoms with Crippen molar-refractivity contribution in [2.24, 2.45) is 0 Å². The number of hydrogen-bond donors (Lipinski definition) is 1. The Kier molecular flexibility index (Phi) is 4.26. The van der Waals surface area contributed by atoms with Crippen LogP contribution in [0, 0.1) is 0 Å². The molecule has 0 radical (unpaired) electrons. The van der Waals surface area contributed by atoms with E-state index >= 15 is 0 Å². The Morgan fingerprint density at radius 1 is 1.00 bits per heavy atom. The van der Waals surface area contributed by atoms with Crippen LogP contribution in [-0.2, 0) is 28.9 Å². The van der Waals surface area contributed by atoms with Crippen LogP contribution in [0.4, 0.5) is 11.4 Å². The highest BCUT2D eigenvalue weighted by Crippen LogP contribution is 2.29. The lowest BCUT2D eigenvalue weighted by Crippen LogP contribution is -2.26. The van der Waals surface area contributed by atoms with Gasteiger partial charge >= 0.3 is 0 Å². The molecule has 25 heavy (non-hydrogen) atoms. The van der Waals surface area contributed by atoms with Gasteiger partial charge in [0.15, 0.2) is 0 Å². The normalized spacial score (nSPS) is 16.2. The number of para-hydroxylation sites is 2. The number of carbonyl (C=O) groups is 2. The third-order valence-electron chi connectivity index (χ3n) is 5.07. The second-order valence-electron chi connectivity index (χ2n) is 6.85. The van der Waals surface area contributed by atoms with E-state index in [4.69, 9.17) is 0 Å². The smallest absolute Gasteiger partial charge is 0.228 e. The predicted molar refractivity (Wildman–Crippen MR) is 98.8 cm³/mol. The fraction of sp³-hybridized carbons (Fsp3) is 0.333. The average Bonchev–Trinajstić information content (AvgIpc) is 3.23. The van der Waals surface area contributed by atoms with Gasteiger partial charge in [0.05, 0.1) is 17.8 Å². The van der Waals surface area contributed by atoms with Crippen molar-refractivity contribution < 1.29 is 9.59 Å². The summed E-state index contributed by atoms with van der Waals surface area (Å²) < 4.78 is 0. The molecule has 0 unspecified atom stereocenters. The summed E-state index contributed by atoms with van der Waals surface area (Å²) >= 11 is 0. The summed E-state index contributed by atoms with van der Waals surface area (Å²) in [6.45, 7) is 0.719. The lowest BCUT2D eigenvalue weighted by Gasteiger charge is -2.20. The number of anilines is 2. The molecule has 2 aliphatic rings. The number of rotatable bonds is 4. The van der Waals surface area contributed by atoms with Crippen LogP contribution in [0.15, 0.2) is 42.5 Å². The maximum Gasteiger partial charge on any atom is 0.228 e. The SMILES string of the molecule is O=C(Cc1ccc2c(c1)CCC2)Nc1ccccc1N1CCCC1=O. The minimum Gasteiger partial charge on any atom is -0.324 e. The van der Waals surface area contributed by atoms with Gasteiger partial charge in [-0.15, -0.1) is 0 Å². The van der Waals surface area contributed by atoms with Crippen LogP contribution in [-0.4, -0.2) is 18.4 Å². The lowest BCUT2D eigenvalue weighted by molar-refractivity contribution is -0.117. The molecule has 1 fully saturated rings. The second-order valence-corrected chi connectivity index (χ2v) is 6.85.